The van der Waals surface area contributed by atoms with Gasteiger partial charge in [-0.25, -0.2) is 0 Å². The first-order valence-corrected chi connectivity index (χ1v) is 7.73. The molecule has 1 fully saturated rings. The Morgan fingerprint density at radius 1 is 1.05 bits per heavy atom. The van der Waals surface area contributed by atoms with Crippen LogP contribution in [0, 0.1) is 5.92 Å². The minimum absolute atomic E-state index is 0.250. The van der Waals surface area contributed by atoms with Crippen molar-refractivity contribution in [2.24, 2.45) is 5.92 Å². The quantitative estimate of drug-likeness (QED) is 0.916. The molecule has 2 heteroatoms. The summed E-state index contributed by atoms with van der Waals surface area (Å²) in [5.74, 6) is 1.50. The van der Waals surface area contributed by atoms with Crippen LogP contribution in [0.25, 0.3) is 0 Å². The van der Waals surface area contributed by atoms with Gasteiger partial charge in [0.05, 0.1) is 0 Å². The number of para-hydroxylation sites is 1. The Morgan fingerprint density at radius 3 is 2.67 bits per heavy atom. The zero-order valence-electron chi connectivity index (χ0n) is 12.0. The fourth-order valence-corrected chi connectivity index (χ4v) is 3.55. The monoisotopic (exact) mass is 277 g/mol. The molecule has 1 saturated carbocycles. The Bertz CT molecular complexity index is 664. The fraction of sp³-hybridized carbons (Fsp3) is 0.316. The number of rotatable bonds is 4. The van der Waals surface area contributed by atoms with Crippen LogP contribution in [0.4, 0.5) is 5.69 Å². The first kappa shape index (κ1) is 12.6. The molecule has 3 atom stereocenters. The van der Waals surface area contributed by atoms with E-state index in [4.69, 9.17) is 0 Å². The van der Waals surface area contributed by atoms with Crippen LogP contribution in [0.5, 0.6) is 0 Å². The Labute approximate surface area is 125 Å². The summed E-state index contributed by atoms with van der Waals surface area (Å²) in [5, 5.41) is 3.41. The molecule has 1 heterocycles. The molecule has 0 amide bonds. The minimum Gasteiger partial charge on any atom is -0.384 e. The summed E-state index contributed by atoms with van der Waals surface area (Å²) in [4.78, 5) is 12.5. The van der Waals surface area contributed by atoms with Gasteiger partial charge in [0.2, 0.25) is 0 Å². The molecule has 2 nitrogen and oxygen atoms in total. The third kappa shape index (κ3) is 2.35. The third-order valence-corrected chi connectivity index (χ3v) is 4.82. The molecule has 2 aromatic rings. The van der Waals surface area contributed by atoms with Crippen molar-refractivity contribution in [1.82, 2.24) is 0 Å². The number of hydrogen-bond acceptors (Lipinski definition) is 2. The van der Waals surface area contributed by atoms with Gasteiger partial charge >= 0.3 is 0 Å². The van der Waals surface area contributed by atoms with Crippen molar-refractivity contribution in [1.29, 1.82) is 0 Å². The van der Waals surface area contributed by atoms with Gasteiger partial charge in [0.15, 0.2) is 0 Å². The van der Waals surface area contributed by atoms with Crippen LogP contribution in [0.15, 0.2) is 54.6 Å². The maximum atomic E-state index is 12.5. The van der Waals surface area contributed by atoms with Crippen molar-refractivity contribution >= 4 is 11.5 Å². The summed E-state index contributed by atoms with van der Waals surface area (Å²) in [5.41, 5.74) is 3.83. The molecule has 106 valence electrons. The van der Waals surface area contributed by atoms with E-state index < -0.39 is 0 Å². The van der Waals surface area contributed by atoms with Gasteiger partial charge in [-0.05, 0) is 29.5 Å². The second-order valence-electron chi connectivity index (χ2n) is 6.19. The summed E-state index contributed by atoms with van der Waals surface area (Å²) in [7, 11) is 0. The summed E-state index contributed by atoms with van der Waals surface area (Å²) >= 11 is 0. The van der Waals surface area contributed by atoms with Crippen molar-refractivity contribution in [2.45, 2.75) is 24.7 Å². The van der Waals surface area contributed by atoms with Crippen molar-refractivity contribution in [3.8, 4) is 0 Å². The summed E-state index contributed by atoms with van der Waals surface area (Å²) in [6.45, 7) is 0.897. The predicted molar refractivity (Wildman–Crippen MR) is 84.6 cm³/mol. The molecule has 0 aromatic heterocycles. The van der Waals surface area contributed by atoms with Gasteiger partial charge in [-0.2, -0.15) is 0 Å². The second kappa shape index (κ2) is 5.03. The van der Waals surface area contributed by atoms with Gasteiger partial charge in [-0.15, -0.1) is 0 Å². The molecular weight excluding hydrogens is 258 g/mol. The highest BCUT2D eigenvalue weighted by molar-refractivity contribution is 5.86. The van der Waals surface area contributed by atoms with E-state index in [2.05, 4.69) is 47.8 Å². The van der Waals surface area contributed by atoms with Crippen LogP contribution in [0.1, 0.15) is 35.8 Å². The van der Waals surface area contributed by atoms with Crippen LogP contribution in [-0.4, -0.2) is 12.3 Å². The number of carbonyl (C=O) groups is 1. The van der Waals surface area contributed by atoms with Crippen LogP contribution in [0.2, 0.25) is 0 Å². The number of nitrogens with one attached hydrogen (secondary N) is 1. The summed E-state index contributed by atoms with van der Waals surface area (Å²) in [6, 6.07) is 18.8. The molecule has 0 spiro atoms. The van der Waals surface area contributed by atoms with E-state index in [1.807, 2.05) is 12.1 Å². The second-order valence-corrected chi connectivity index (χ2v) is 6.19. The average Bonchev–Trinajstić information content (AvgIpc) is 3.25. The Hall–Kier alpha value is -2.09. The van der Waals surface area contributed by atoms with Crippen LogP contribution < -0.4 is 5.32 Å². The molecule has 1 aliphatic heterocycles. The Morgan fingerprint density at radius 2 is 1.81 bits per heavy atom. The lowest BCUT2D eigenvalue weighted by molar-refractivity contribution is -0.120. The smallest absolute Gasteiger partial charge is 0.137 e. The topological polar surface area (TPSA) is 29.1 Å². The number of ketones is 1. The molecule has 3 unspecified atom stereocenters. The normalized spacial score (nSPS) is 26.0. The lowest BCUT2D eigenvalue weighted by atomic mass is 9.93. The lowest BCUT2D eigenvalue weighted by Gasteiger charge is -2.09. The molecule has 4 rings (SSSR count). The summed E-state index contributed by atoms with van der Waals surface area (Å²) < 4.78 is 0. The third-order valence-electron chi connectivity index (χ3n) is 4.82. The van der Waals surface area contributed by atoms with Gasteiger partial charge in [-0.1, -0.05) is 48.5 Å². The molecule has 0 radical (unpaired) electrons. The van der Waals surface area contributed by atoms with Crippen molar-refractivity contribution in [3.05, 3.63) is 65.7 Å². The largest absolute Gasteiger partial charge is 0.384 e. The molecule has 0 saturated heterocycles. The van der Waals surface area contributed by atoms with E-state index >= 15 is 0 Å². The first-order chi connectivity index (χ1) is 10.3. The number of Topliss-reactive ketones (excluding diaryl/α,β-unsaturated/α-hetero) is 1. The number of fused-ring (bicyclic) bond motifs is 1. The Balaban J connectivity index is 1.42. The molecule has 1 aliphatic carbocycles. The van der Waals surface area contributed by atoms with Gasteiger partial charge in [0.1, 0.15) is 5.78 Å². The predicted octanol–water partition coefficient (Wildman–Crippen LogP) is 3.96. The minimum atomic E-state index is 0.250. The van der Waals surface area contributed by atoms with E-state index in [-0.39, 0.29) is 5.92 Å². The molecular formula is C19H19NO. The van der Waals surface area contributed by atoms with Crippen LogP contribution in [-0.2, 0) is 4.79 Å². The SMILES string of the molecule is O=C(CC1CNc2ccccc21)C1CC1c1ccccc1. The molecule has 2 aromatic carbocycles. The number of carbonyl (C=O) groups excluding carboxylic acids is 1. The highest BCUT2D eigenvalue weighted by Gasteiger charge is 2.44. The zero-order valence-corrected chi connectivity index (χ0v) is 12.0. The molecule has 0 bridgehead atoms. The van der Waals surface area contributed by atoms with Gasteiger partial charge in [-0.3, -0.25) is 4.79 Å². The van der Waals surface area contributed by atoms with Crippen molar-refractivity contribution < 1.29 is 4.79 Å². The van der Waals surface area contributed by atoms with Gasteiger partial charge < -0.3 is 5.32 Å². The highest BCUT2D eigenvalue weighted by atomic mass is 16.1. The fourth-order valence-electron chi connectivity index (χ4n) is 3.55. The Kier molecular flexibility index (Phi) is 3.03. The van der Waals surface area contributed by atoms with Gasteiger partial charge in [0, 0.05) is 30.5 Å². The molecule has 2 aliphatic rings. The summed E-state index contributed by atoms with van der Waals surface area (Å²) in [6.07, 6.45) is 1.71. The molecule has 21 heavy (non-hydrogen) atoms. The van der Waals surface area contributed by atoms with E-state index in [1.54, 1.807) is 0 Å². The maximum Gasteiger partial charge on any atom is 0.137 e. The van der Waals surface area contributed by atoms with Gasteiger partial charge in [0.25, 0.3) is 0 Å². The van der Waals surface area contributed by atoms with E-state index in [0.717, 1.165) is 13.0 Å². The van der Waals surface area contributed by atoms with E-state index in [1.165, 1.54) is 16.8 Å². The average molecular weight is 277 g/mol. The number of benzene rings is 2. The zero-order chi connectivity index (χ0) is 14.2. The molecule has 1 N–H and O–H groups in total. The maximum absolute atomic E-state index is 12.5. The van der Waals surface area contributed by atoms with E-state index in [0.29, 0.717) is 24.0 Å². The standard InChI is InChI=1S/C19H19NO/c21-19(17-11-16(17)13-6-2-1-3-7-13)10-14-12-20-18-9-5-4-8-15(14)18/h1-9,14,16-17,20H,10-12H2. The lowest BCUT2D eigenvalue weighted by Crippen LogP contribution is -2.11. The number of hydrogen-bond donors (Lipinski definition) is 1. The van der Waals surface area contributed by atoms with Crippen molar-refractivity contribution in [3.63, 3.8) is 0 Å². The highest BCUT2D eigenvalue weighted by Crippen LogP contribution is 2.49. The number of anilines is 1. The van der Waals surface area contributed by atoms with E-state index in [9.17, 15) is 4.79 Å². The van der Waals surface area contributed by atoms with Crippen LogP contribution >= 0.6 is 0 Å². The van der Waals surface area contributed by atoms with Crippen LogP contribution in [0.3, 0.4) is 0 Å². The first-order valence-electron chi connectivity index (χ1n) is 7.73. The van der Waals surface area contributed by atoms with Crippen molar-refractivity contribution in [2.75, 3.05) is 11.9 Å².